The van der Waals surface area contributed by atoms with Crippen LogP contribution < -0.4 is 24.8 Å². The second-order valence-electron chi connectivity index (χ2n) is 12.8. The quantitative estimate of drug-likeness (QED) is 0.0901. The van der Waals surface area contributed by atoms with Gasteiger partial charge in [0.15, 0.2) is 0 Å². The Bertz CT molecular complexity index is 1820. The van der Waals surface area contributed by atoms with E-state index in [0.717, 1.165) is 58.5 Å². The van der Waals surface area contributed by atoms with Crippen molar-refractivity contribution in [2.45, 2.75) is 72.3 Å². The van der Waals surface area contributed by atoms with E-state index in [1.807, 2.05) is 31.2 Å². The van der Waals surface area contributed by atoms with Crippen LogP contribution in [0.15, 0.2) is 59.2 Å². The van der Waals surface area contributed by atoms with E-state index in [0.29, 0.717) is 46.6 Å². The highest BCUT2D eigenvalue weighted by Crippen LogP contribution is 2.38. The van der Waals surface area contributed by atoms with Crippen molar-refractivity contribution >= 4 is 23.3 Å². The average molecular weight is 719 g/mol. The predicted molar refractivity (Wildman–Crippen MR) is 198 cm³/mol. The summed E-state index contributed by atoms with van der Waals surface area (Å²) in [6.07, 6.45) is 2.83. The molecule has 0 bridgehead atoms. The molecule has 0 aliphatic carbocycles. The number of benzene rings is 3. The number of carbonyl (C=O) groups is 1. The molecule has 51 heavy (non-hydrogen) atoms. The molecule has 3 aromatic carbocycles. The van der Waals surface area contributed by atoms with Crippen molar-refractivity contribution in [3.05, 3.63) is 87.1 Å². The molecule has 5 N–H and O–H groups in total. The van der Waals surface area contributed by atoms with Crippen LogP contribution in [-0.4, -0.2) is 71.6 Å². The Morgan fingerprint density at radius 3 is 2.47 bits per heavy atom. The van der Waals surface area contributed by atoms with Crippen LogP contribution in [-0.2, 0) is 17.9 Å². The van der Waals surface area contributed by atoms with Crippen LogP contribution in [0, 0.1) is 32.1 Å². The first-order chi connectivity index (χ1) is 24.4. The third kappa shape index (κ3) is 10.1. The van der Waals surface area contributed by atoms with Crippen LogP contribution in [0.4, 0.5) is 0 Å². The van der Waals surface area contributed by atoms with Gasteiger partial charge in [-0.05, 0) is 98.7 Å². The summed E-state index contributed by atoms with van der Waals surface area (Å²) in [4.78, 5) is 15.9. The fourth-order valence-corrected chi connectivity index (χ4v) is 5.74. The van der Waals surface area contributed by atoms with Crippen LogP contribution in [0.25, 0.3) is 11.1 Å². The van der Waals surface area contributed by atoms with Gasteiger partial charge in [-0.25, -0.2) is 4.99 Å². The zero-order valence-corrected chi connectivity index (χ0v) is 30.6. The molecule has 0 amide bonds. The lowest BCUT2D eigenvalue weighted by Crippen LogP contribution is -2.52. The van der Waals surface area contributed by atoms with Crippen molar-refractivity contribution in [3.8, 4) is 34.4 Å². The number of aliphatic hydroxyl groups is 2. The summed E-state index contributed by atoms with van der Waals surface area (Å²) in [6, 6.07) is 15.4. The number of carboxylic acid groups (broad SMARTS) is 1. The van der Waals surface area contributed by atoms with Crippen molar-refractivity contribution in [3.63, 3.8) is 0 Å². The molecule has 0 aromatic heterocycles. The van der Waals surface area contributed by atoms with E-state index in [1.54, 1.807) is 18.2 Å². The predicted octanol–water partition coefficient (Wildman–Crippen LogP) is 5.81. The molecular formula is C39H47ClN4O7. The van der Waals surface area contributed by atoms with Gasteiger partial charge in [0.1, 0.15) is 47.8 Å². The van der Waals surface area contributed by atoms with Gasteiger partial charge in [-0.3, -0.25) is 10.1 Å². The van der Waals surface area contributed by atoms with E-state index in [9.17, 15) is 20.1 Å². The van der Waals surface area contributed by atoms with E-state index in [4.69, 9.17) is 31.1 Å². The first kappa shape index (κ1) is 39.3. The lowest BCUT2D eigenvalue weighted by atomic mass is 9.90. The Morgan fingerprint density at radius 2 is 1.78 bits per heavy atom. The second-order valence-corrected chi connectivity index (χ2v) is 13.2. The van der Waals surface area contributed by atoms with Crippen LogP contribution in [0.3, 0.4) is 0 Å². The SMILES string of the molecule is CC[C@@H](O)CNCCCOc1ccc(C)c(-c2cccc(COc3cc(OCC4=CC(C#N)=N4)c(CN[C@](C)(CO)C(=O)O)cc3Cl)c2C)c1C. The molecule has 0 spiro atoms. The summed E-state index contributed by atoms with van der Waals surface area (Å²) in [5.74, 6) is 0.381. The van der Waals surface area contributed by atoms with Gasteiger partial charge in [0.05, 0.1) is 30.0 Å². The molecule has 0 saturated carbocycles. The van der Waals surface area contributed by atoms with E-state index in [-0.39, 0.29) is 25.9 Å². The normalized spacial score (nSPS) is 14.0. The van der Waals surface area contributed by atoms with E-state index < -0.39 is 18.1 Å². The van der Waals surface area contributed by atoms with Gasteiger partial charge >= 0.3 is 5.97 Å². The number of nitrogens with one attached hydrogen (secondary N) is 2. The van der Waals surface area contributed by atoms with E-state index in [2.05, 4.69) is 48.5 Å². The number of aliphatic imine (C=N–C) groups is 1. The minimum absolute atomic E-state index is 0.0348. The molecule has 11 nitrogen and oxygen atoms in total. The second kappa shape index (κ2) is 18.2. The molecule has 272 valence electrons. The number of aliphatic hydroxyl groups excluding tert-OH is 2. The van der Waals surface area contributed by atoms with Gasteiger partial charge in [0.25, 0.3) is 0 Å². The summed E-state index contributed by atoms with van der Waals surface area (Å²) in [7, 11) is 0. The van der Waals surface area contributed by atoms with Gasteiger partial charge in [-0.1, -0.05) is 42.8 Å². The van der Waals surface area contributed by atoms with Crippen LogP contribution in [0.1, 0.15) is 54.5 Å². The summed E-state index contributed by atoms with van der Waals surface area (Å²) in [6.45, 7) is 11.2. The Hall–Kier alpha value is -4.44. The van der Waals surface area contributed by atoms with E-state index >= 15 is 0 Å². The summed E-state index contributed by atoms with van der Waals surface area (Å²) in [5, 5.41) is 44.5. The number of aliphatic carboxylic acids is 1. The molecule has 0 unspecified atom stereocenters. The topological polar surface area (TPSA) is 166 Å². The molecule has 4 rings (SSSR count). The zero-order chi connectivity index (χ0) is 37.1. The van der Waals surface area contributed by atoms with Crippen molar-refractivity contribution in [1.82, 2.24) is 10.6 Å². The first-order valence-corrected chi connectivity index (χ1v) is 17.4. The lowest BCUT2D eigenvalue weighted by molar-refractivity contribution is -0.145. The Morgan fingerprint density at radius 1 is 1.04 bits per heavy atom. The van der Waals surface area contributed by atoms with Gasteiger partial charge < -0.3 is 34.8 Å². The summed E-state index contributed by atoms with van der Waals surface area (Å²) < 4.78 is 18.5. The summed E-state index contributed by atoms with van der Waals surface area (Å²) in [5.41, 5.74) is 6.22. The largest absolute Gasteiger partial charge is 0.493 e. The number of halogens is 1. The molecule has 12 heteroatoms. The van der Waals surface area contributed by atoms with Crippen LogP contribution in [0.5, 0.6) is 17.2 Å². The third-order valence-corrected chi connectivity index (χ3v) is 9.25. The van der Waals surface area contributed by atoms with Crippen molar-refractivity contribution in [2.75, 3.05) is 32.9 Å². The number of nitriles is 1. The standard InChI is InChI=1S/C39H47ClN4O7/c1-6-31(46)20-42-13-8-14-49-34-12-11-24(2)37(26(34)4)32-10-7-9-27(25(32)3)21-50-36-17-35(51-22-30-16-29(18-41)44-30)28(15-33(36)40)19-43-39(5,23-45)38(47)48/h7,9-12,15-17,31,42-43,45-46H,6,8,13-14,19-23H2,1-5H3,(H,47,48)/t31-,39-/m1/s1. The van der Waals surface area contributed by atoms with Crippen molar-refractivity contribution in [2.24, 2.45) is 4.99 Å². The molecular weight excluding hydrogens is 672 g/mol. The van der Waals surface area contributed by atoms with Gasteiger partial charge in [0, 0.05) is 24.7 Å². The van der Waals surface area contributed by atoms with Crippen LogP contribution in [0.2, 0.25) is 5.02 Å². The lowest BCUT2D eigenvalue weighted by Gasteiger charge is -2.25. The number of rotatable bonds is 20. The highest BCUT2D eigenvalue weighted by Gasteiger charge is 2.32. The molecule has 3 aromatic rings. The fraction of sp³-hybridized carbons (Fsp3) is 0.410. The van der Waals surface area contributed by atoms with Crippen molar-refractivity contribution in [1.29, 1.82) is 5.26 Å². The number of allylic oxidation sites excluding steroid dienone is 1. The highest BCUT2D eigenvalue weighted by molar-refractivity contribution is 6.32. The Balaban J connectivity index is 1.51. The molecule has 0 saturated heterocycles. The Kier molecular flexibility index (Phi) is 14.0. The minimum Gasteiger partial charge on any atom is -0.493 e. The number of nitrogens with zero attached hydrogens (tertiary/aromatic N) is 2. The Labute approximate surface area is 304 Å². The maximum Gasteiger partial charge on any atom is 0.326 e. The minimum atomic E-state index is -1.58. The average Bonchev–Trinajstić information content (AvgIpc) is 3.09. The molecule has 0 radical (unpaired) electrons. The maximum atomic E-state index is 11.8. The van der Waals surface area contributed by atoms with Gasteiger partial charge in [0.2, 0.25) is 0 Å². The van der Waals surface area contributed by atoms with Crippen LogP contribution >= 0.6 is 11.6 Å². The number of aryl methyl sites for hydroxylation is 1. The van der Waals surface area contributed by atoms with E-state index in [1.165, 1.54) is 6.92 Å². The summed E-state index contributed by atoms with van der Waals surface area (Å²) >= 11 is 6.70. The molecule has 1 heterocycles. The molecule has 1 aliphatic rings. The van der Waals surface area contributed by atoms with Crippen molar-refractivity contribution < 1.29 is 34.3 Å². The number of hydrogen-bond donors (Lipinski definition) is 5. The number of carboxylic acids is 1. The maximum absolute atomic E-state index is 11.8. The highest BCUT2D eigenvalue weighted by atomic mass is 35.5. The van der Waals surface area contributed by atoms with Gasteiger partial charge in [-0.15, -0.1) is 0 Å². The molecule has 1 aliphatic heterocycles. The zero-order valence-electron chi connectivity index (χ0n) is 29.8. The number of hydrogen-bond acceptors (Lipinski definition) is 10. The molecule has 0 fully saturated rings. The monoisotopic (exact) mass is 718 g/mol. The first-order valence-electron chi connectivity index (χ1n) is 17.0. The fourth-order valence-electron chi connectivity index (χ4n) is 5.50. The smallest absolute Gasteiger partial charge is 0.326 e. The van der Waals surface area contributed by atoms with Gasteiger partial charge in [-0.2, -0.15) is 5.26 Å². The third-order valence-electron chi connectivity index (χ3n) is 8.96. The number of ether oxygens (including phenoxy) is 3. The molecule has 2 atom stereocenters.